The molecule has 8 N–H and O–H groups in total. The predicted octanol–water partition coefficient (Wildman–Crippen LogP) is 4.67. The van der Waals surface area contributed by atoms with E-state index in [1.54, 1.807) is 0 Å². The highest BCUT2D eigenvalue weighted by Gasteiger charge is 2.38. The van der Waals surface area contributed by atoms with E-state index in [1.807, 2.05) is 0 Å². The average molecular weight is 699 g/mol. The molecule has 0 aromatic heterocycles. The fourth-order valence-electron chi connectivity index (χ4n) is 5.16. The van der Waals surface area contributed by atoms with Crippen molar-refractivity contribution < 1.29 is 74.2 Å². The van der Waals surface area contributed by atoms with Crippen LogP contribution in [0.2, 0.25) is 0 Å². The number of phenolic OH excluding ortho intramolecular Hbond substituents is 8. The third kappa shape index (κ3) is 6.98. The molecule has 2 unspecified atom stereocenters. The first-order chi connectivity index (χ1) is 24.3. The van der Waals surface area contributed by atoms with Crippen LogP contribution in [0.15, 0.2) is 84.9 Å². The number of ether oxygens (including phenoxy) is 4. The maximum atomic E-state index is 13.3. The quantitative estimate of drug-likeness (QED) is 0.0653. The zero-order valence-corrected chi connectivity index (χ0v) is 25.9. The number of phenols is 8. The molecule has 5 aromatic rings. The molecule has 5 aromatic carbocycles. The lowest BCUT2D eigenvalue weighted by molar-refractivity contribution is -0.0189. The van der Waals surface area contributed by atoms with Gasteiger partial charge in [-0.3, -0.25) is 0 Å². The second-order valence-electron chi connectivity index (χ2n) is 11.2. The molecule has 15 nitrogen and oxygen atoms in total. The van der Waals surface area contributed by atoms with Crippen LogP contribution in [-0.2, 0) is 11.2 Å². The van der Waals surface area contributed by atoms with E-state index in [-0.39, 0.29) is 51.5 Å². The van der Waals surface area contributed by atoms with Gasteiger partial charge in [-0.15, -0.1) is 0 Å². The van der Waals surface area contributed by atoms with Gasteiger partial charge >= 0.3 is 17.9 Å². The van der Waals surface area contributed by atoms with E-state index < -0.39 is 76.1 Å². The Morgan fingerprint density at radius 1 is 0.529 bits per heavy atom. The number of fused-ring (bicyclic) bond motifs is 1. The summed E-state index contributed by atoms with van der Waals surface area (Å²) >= 11 is 0. The van der Waals surface area contributed by atoms with Crippen LogP contribution in [0.25, 0.3) is 0 Å². The summed E-state index contributed by atoms with van der Waals surface area (Å²) in [5.41, 5.74) is -0.164. The molecule has 0 spiro atoms. The zero-order chi connectivity index (χ0) is 36.6. The van der Waals surface area contributed by atoms with Crippen LogP contribution in [0.1, 0.15) is 48.3 Å². The molecule has 0 fully saturated rings. The Labute approximate surface area is 286 Å². The Hall–Kier alpha value is -7.29. The largest absolute Gasteiger partial charge is 0.504 e. The molecule has 260 valence electrons. The highest BCUT2D eigenvalue weighted by atomic mass is 16.6. The van der Waals surface area contributed by atoms with Crippen molar-refractivity contribution in [2.24, 2.45) is 0 Å². The minimum Gasteiger partial charge on any atom is -0.504 e. The summed E-state index contributed by atoms with van der Waals surface area (Å²) in [6.07, 6.45) is -2.69. The maximum Gasteiger partial charge on any atom is 0.343 e. The van der Waals surface area contributed by atoms with E-state index in [2.05, 4.69) is 0 Å². The van der Waals surface area contributed by atoms with Crippen LogP contribution in [-0.4, -0.2) is 64.9 Å². The molecule has 1 aliphatic rings. The topological polar surface area (TPSA) is 250 Å². The monoisotopic (exact) mass is 698 g/mol. The van der Waals surface area contributed by atoms with Gasteiger partial charge in [-0.05, 0) is 66.7 Å². The smallest absolute Gasteiger partial charge is 0.343 e. The van der Waals surface area contributed by atoms with Crippen LogP contribution in [0.3, 0.4) is 0 Å². The van der Waals surface area contributed by atoms with Gasteiger partial charge in [-0.2, -0.15) is 0 Å². The number of esters is 3. The molecule has 0 saturated carbocycles. The van der Waals surface area contributed by atoms with Gasteiger partial charge in [-0.1, -0.05) is 6.07 Å². The second kappa shape index (κ2) is 13.3. The fourth-order valence-corrected chi connectivity index (χ4v) is 5.16. The molecule has 1 heterocycles. The van der Waals surface area contributed by atoms with E-state index in [0.717, 1.165) is 48.5 Å². The van der Waals surface area contributed by atoms with Gasteiger partial charge in [0.15, 0.2) is 52.1 Å². The van der Waals surface area contributed by atoms with Crippen LogP contribution in [0.5, 0.6) is 63.2 Å². The summed E-state index contributed by atoms with van der Waals surface area (Å²) in [5, 5.41) is 78.9. The van der Waals surface area contributed by atoms with Gasteiger partial charge in [-0.25, -0.2) is 14.4 Å². The van der Waals surface area contributed by atoms with Crippen molar-refractivity contribution in [3.05, 3.63) is 113 Å². The first-order valence-electron chi connectivity index (χ1n) is 14.8. The molecule has 0 aliphatic carbocycles. The molecule has 6 rings (SSSR count). The number of carbonyl (C=O) groups excluding carboxylic acids is 3. The standard InChI is InChI=1S/C36H26O15/c37-22-5-1-16(9-26(22)41)33-32(51-36(47)19-4-8-25(40)29(44)12-19)15-21-30(49-33)13-20(48-34(45)17-2-6-23(38)27(42)10-17)14-31(21)50-35(46)18-3-7-24(39)28(43)11-18/h1-14,32-33,37-44H,15H2. The molecule has 1 aliphatic heterocycles. The minimum atomic E-state index is -1.24. The Morgan fingerprint density at radius 2 is 1.00 bits per heavy atom. The van der Waals surface area contributed by atoms with E-state index >= 15 is 0 Å². The van der Waals surface area contributed by atoms with Crippen LogP contribution in [0, 0.1) is 0 Å². The van der Waals surface area contributed by atoms with Crippen molar-refractivity contribution in [1.82, 2.24) is 0 Å². The van der Waals surface area contributed by atoms with Crippen LogP contribution in [0.4, 0.5) is 0 Å². The van der Waals surface area contributed by atoms with E-state index in [1.165, 1.54) is 36.4 Å². The lowest BCUT2D eigenvalue weighted by Crippen LogP contribution is -2.35. The molecule has 0 bridgehead atoms. The van der Waals surface area contributed by atoms with Crippen molar-refractivity contribution in [3.63, 3.8) is 0 Å². The van der Waals surface area contributed by atoms with Crippen molar-refractivity contribution in [2.75, 3.05) is 0 Å². The minimum absolute atomic E-state index is 0.0441. The molecule has 2 atom stereocenters. The fraction of sp³-hybridized carbons (Fsp3) is 0.0833. The summed E-state index contributed by atoms with van der Waals surface area (Å²) in [5.74, 6) is -7.74. The zero-order valence-electron chi connectivity index (χ0n) is 25.9. The van der Waals surface area contributed by atoms with Crippen LogP contribution < -0.4 is 14.2 Å². The molecule has 0 amide bonds. The molecule has 15 heteroatoms. The third-order valence-corrected chi connectivity index (χ3v) is 7.77. The lowest BCUT2D eigenvalue weighted by atomic mass is 9.93. The average Bonchev–Trinajstić information content (AvgIpc) is 3.09. The first kappa shape index (κ1) is 33.6. The number of hydrogen-bond donors (Lipinski definition) is 8. The van der Waals surface area contributed by atoms with E-state index in [0.29, 0.717) is 0 Å². The molecular weight excluding hydrogens is 672 g/mol. The predicted molar refractivity (Wildman–Crippen MR) is 172 cm³/mol. The highest BCUT2D eigenvalue weighted by Crippen LogP contribution is 2.45. The van der Waals surface area contributed by atoms with E-state index in [9.17, 15) is 55.2 Å². The summed E-state index contributed by atoms with van der Waals surface area (Å²) in [6.45, 7) is 0. The molecule has 51 heavy (non-hydrogen) atoms. The number of benzene rings is 5. The highest BCUT2D eigenvalue weighted by molar-refractivity contribution is 5.93. The van der Waals surface area contributed by atoms with Crippen molar-refractivity contribution in [2.45, 2.75) is 18.6 Å². The van der Waals surface area contributed by atoms with Gasteiger partial charge in [0, 0.05) is 29.7 Å². The Balaban J connectivity index is 1.42. The molecule has 0 saturated heterocycles. The Morgan fingerprint density at radius 3 is 1.51 bits per heavy atom. The SMILES string of the molecule is O=C(Oc1cc(OC(=O)c2ccc(O)c(O)c2)c2c(c1)OC(c1ccc(O)c(O)c1)C(OC(=O)c1ccc(O)c(O)c1)C2)c1ccc(O)c(O)c1. The number of aromatic hydroxyl groups is 8. The number of carbonyl (C=O) groups is 3. The van der Waals surface area contributed by atoms with Gasteiger partial charge < -0.3 is 59.8 Å². The summed E-state index contributed by atoms with van der Waals surface area (Å²) < 4.78 is 23.2. The Bertz CT molecular complexity index is 2210. The number of hydrogen-bond acceptors (Lipinski definition) is 15. The van der Waals surface area contributed by atoms with Gasteiger partial charge in [0.25, 0.3) is 0 Å². The van der Waals surface area contributed by atoms with Crippen molar-refractivity contribution in [3.8, 4) is 63.2 Å². The third-order valence-electron chi connectivity index (χ3n) is 7.77. The van der Waals surface area contributed by atoms with Crippen molar-refractivity contribution in [1.29, 1.82) is 0 Å². The first-order valence-corrected chi connectivity index (χ1v) is 14.8. The summed E-state index contributed by atoms with van der Waals surface area (Å²) in [7, 11) is 0. The van der Waals surface area contributed by atoms with Crippen molar-refractivity contribution >= 4 is 17.9 Å². The normalized spacial score (nSPS) is 14.8. The van der Waals surface area contributed by atoms with Gasteiger partial charge in [0.05, 0.1) is 16.7 Å². The van der Waals surface area contributed by atoms with Crippen LogP contribution >= 0.6 is 0 Å². The second-order valence-corrected chi connectivity index (χ2v) is 11.2. The van der Waals surface area contributed by atoms with Gasteiger partial charge in [0.1, 0.15) is 23.4 Å². The lowest BCUT2D eigenvalue weighted by Gasteiger charge is -2.34. The molecule has 0 radical (unpaired) electrons. The number of rotatable bonds is 7. The summed E-state index contributed by atoms with van der Waals surface area (Å²) in [4.78, 5) is 39.5. The molecular formula is C36H26O15. The maximum absolute atomic E-state index is 13.3. The summed E-state index contributed by atoms with van der Waals surface area (Å²) in [6, 6.07) is 15.8. The van der Waals surface area contributed by atoms with E-state index in [4.69, 9.17) is 18.9 Å². The van der Waals surface area contributed by atoms with Gasteiger partial charge in [0.2, 0.25) is 0 Å². The Kier molecular flexibility index (Phi) is 8.77.